The van der Waals surface area contributed by atoms with Crippen molar-refractivity contribution in [2.75, 3.05) is 17.7 Å². The molecule has 0 bridgehead atoms. The van der Waals surface area contributed by atoms with E-state index in [0.29, 0.717) is 0 Å². The van der Waals surface area contributed by atoms with Gasteiger partial charge < -0.3 is 9.88 Å². The maximum atomic E-state index is 5.65. The number of nitrogens with zero attached hydrogens (tertiary/aromatic N) is 2. The Labute approximate surface area is 113 Å². The van der Waals surface area contributed by atoms with E-state index in [9.17, 15) is 0 Å². The second-order valence-corrected chi connectivity index (χ2v) is 4.89. The van der Waals surface area contributed by atoms with Gasteiger partial charge in [-0.3, -0.25) is 0 Å². The molecule has 4 heteroatoms. The van der Waals surface area contributed by atoms with Gasteiger partial charge in [-0.2, -0.15) is 0 Å². The molecule has 1 N–H and O–H groups in total. The van der Waals surface area contributed by atoms with Crippen LogP contribution in [-0.4, -0.2) is 22.0 Å². The molecular weight excluding hydrogens is 246 g/mol. The molecule has 0 saturated carbocycles. The van der Waals surface area contributed by atoms with Crippen molar-refractivity contribution in [1.82, 2.24) is 9.55 Å². The quantitative estimate of drug-likeness (QED) is 0.610. The van der Waals surface area contributed by atoms with Gasteiger partial charge in [-0.15, -0.1) is 11.6 Å². The average Bonchev–Trinajstić information content (AvgIpc) is 2.71. The minimum Gasteiger partial charge on any atom is -0.356 e. The highest BCUT2D eigenvalue weighted by Gasteiger charge is 2.05. The minimum absolute atomic E-state index is 0.776. The summed E-state index contributed by atoms with van der Waals surface area (Å²) in [5.74, 6) is 1.73. The molecule has 2 rings (SSSR count). The first kappa shape index (κ1) is 13.2. The van der Waals surface area contributed by atoms with E-state index in [2.05, 4.69) is 20.9 Å². The van der Waals surface area contributed by atoms with Crippen molar-refractivity contribution in [1.29, 1.82) is 0 Å². The summed E-state index contributed by atoms with van der Waals surface area (Å²) in [5, 5.41) is 3.40. The highest BCUT2D eigenvalue weighted by molar-refractivity contribution is 6.17. The van der Waals surface area contributed by atoms with Gasteiger partial charge in [-0.05, 0) is 25.0 Å². The van der Waals surface area contributed by atoms with Crippen LogP contribution in [0.25, 0.3) is 11.0 Å². The number of nitrogens with one attached hydrogen (secondary N) is 1. The Bertz CT molecular complexity index is 493. The van der Waals surface area contributed by atoms with Crippen molar-refractivity contribution in [2.45, 2.75) is 25.7 Å². The van der Waals surface area contributed by atoms with Gasteiger partial charge in [-0.25, -0.2) is 4.98 Å². The number of imidazole rings is 1. The summed E-state index contributed by atoms with van der Waals surface area (Å²) in [6.45, 7) is 0.972. The summed E-state index contributed by atoms with van der Waals surface area (Å²) >= 11 is 5.65. The van der Waals surface area contributed by atoms with Gasteiger partial charge in [0, 0.05) is 19.5 Å². The lowest BCUT2D eigenvalue weighted by Crippen LogP contribution is -2.06. The highest BCUT2D eigenvalue weighted by atomic mass is 35.5. The fourth-order valence-corrected chi connectivity index (χ4v) is 2.27. The topological polar surface area (TPSA) is 29.9 Å². The number of benzene rings is 1. The van der Waals surface area contributed by atoms with Crippen molar-refractivity contribution < 1.29 is 0 Å². The molecule has 1 aromatic carbocycles. The molecule has 0 aliphatic carbocycles. The lowest BCUT2D eigenvalue weighted by atomic mass is 10.2. The molecule has 0 aliphatic heterocycles. The Morgan fingerprint density at radius 2 is 1.94 bits per heavy atom. The number of hydrogen-bond acceptors (Lipinski definition) is 2. The smallest absolute Gasteiger partial charge is 0.203 e. The van der Waals surface area contributed by atoms with E-state index < -0.39 is 0 Å². The Hall–Kier alpha value is -1.22. The summed E-state index contributed by atoms with van der Waals surface area (Å²) in [4.78, 5) is 4.58. The predicted octanol–water partition coefficient (Wildman–Crippen LogP) is 3.78. The largest absolute Gasteiger partial charge is 0.356 e. The van der Waals surface area contributed by atoms with Gasteiger partial charge >= 0.3 is 0 Å². The Morgan fingerprint density at radius 1 is 1.17 bits per heavy atom. The molecule has 2 aromatic rings. The zero-order valence-electron chi connectivity index (χ0n) is 10.8. The number of rotatable bonds is 7. The van der Waals surface area contributed by atoms with Crippen LogP contribution in [0.4, 0.5) is 5.95 Å². The third-order valence-corrected chi connectivity index (χ3v) is 3.40. The molecule has 0 radical (unpaired) electrons. The van der Waals surface area contributed by atoms with Gasteiger partial charge in [0.05, 0.1) is 11.0 Å². The monoisotopic (exact) mass is 265 g/mol. The molecule has 0 fully saturated rings. The van der Waals surface area contributed by atoms with Crippen LogP contribution >= 0.6 is 11.6 Å². The fourth-order valence-electron chi connectivity index (χ4n) is 2.08. The molecule has 0 unspecified atom stereocenters. The number of aromatic nitrogens is 2. The summed E-state index contributed by atoms with van der Waals surface area (Å²) < 4.78 is 2.11. The zero-order chi connectivity index (χ0) is 12.8. The van der Waals surface area contributed by atoms with Crippen molar-refractivity contribution in [3.05, 3.63) is 24.3 Å². The van der Waals surface area contributed by atoms with Crippen molar-refractivity contribution >= 4 is 28.6 Å². The molecule has 0 amide bonds. The SMILES string of the molecule is Cn1c(NCCCCCCCl)nc2ccccc21. The van der Waals surface area contributed by atoms with E-state index in [1.165, 1.54) is 24.8 Å². The van der Waals surface area contributed by atoms with E-state index in [-0.39, 0.29) is 0 Å². The minimum atomic E-state index is 0.776. The van der Waals surface area contributed by atoms with E-state index in [0.717, 1.165) is 30.3 Å². The first-order valence-corrected chi connectivity index (χ1v) is 7.07. The number of unbranched alkanes of at least 4 members (excludes halogenated alkanes) is 3. The van der Waals surface area contributed by atoms with Crippen LogP contribution < -0.4 is 5.32 Å². The van der Waals surface area contributed by atoms with Crippen LogP contribution in [0.5, 0.6) is 0 Å². The lowest BCUT2D eigenvalue weighted by Gasteiger charge is -2.05. The van der Waals surface area contributed by atoms with Crippen molar-refractivity contribution in [2.24, 2.45) is 7.05 Å². The Morgan fingerprint density at radius 3 is 2.72 bits per heavy atom. The molecule has 18 heavy (non-hydrogen) atoms. The van der Waals surface area contributed by atoms with Gasteiger partial charge in [0.25, 0.3) is 0 Å². The summed E-state index contributed by atoms with van der Waals surface area (Å²) in [5.41, 5.74) is 2.21. The van der Waals surface area contributed by atoms with Crippen LogP contribution in [0.2, 0.25) is 0 Å². The number of halogens is 1. The second kappa shape index (κ2) is 6.64. The number of fused-ring (bicyclic) bond motifs is 1. The number of aryl methyl sites for hydroxylation is 1. The van der Waals surface area contributed by atoms with Crippen molar-refractivity contribution in [3.63, 3.8) is 0 Å². The van der Waals surface area contributed by atoms with Crippen LogP contribution in [0.1, 0.15) is 25.7 Å². The third kappa shape index (κ3) is 3.16. The molecule has 0 aliphatic rings. The lowest BCUT2D eigenvalue weighted by molar-refractivity contribution is 0.684. The van der Waals surface area contributed by atoms with Crippen LogP contribution in [0, 0.1) is 0 Å². The van der Waals surface area contributed by atoms with Gasteiger partial charge in [0.15, 0.2) is 0 Å². The van der Waals surface area contributed by atoms with Gasteiger partial charge in [-0.1, -0.05) is 25.0 Å². The number of hydrogen-bond donors (Lipinski definition) is 1. The van der Waals surface area contributed by atoms with E-state index in [1.54, 1.807) is 0 Å². The Kier molecular flexibility index (Phi) is 4.88. The molecule has 1 aromatic heterocycles. The Balaban J connectivity index is 1.86. The normalized spacial score (nSPS) is 11.0. The van der Waals surface area contributed by atoms with Gasteiger partial charge in [0.2, 0.25) is 5.95 Å². The molecular formula is C14H20ClN3. The van der Waals surface area contributed by atoms with Gasteiger partial charge in [0.1, 0.15) is 0 Å². The fraction of sp³-hybridized carbons (Fsp3) is 0.500. The van der Waals surface area contributed by atoms with Crippen LogP contribution in [-0.2, 0) is 7.05 Å². The molecule has 0 saturated heterocycles. The first-order valence-electron chi connectivity index (χ1n) is 6.54. The molecule has 0 atom stereocenters. The second-order valence-electron chi connectivity index (χ2n) is 4.51. The molecule has 0 spiro atoms. The third-order valence-electron chi connectivity index (χ3n) is 3.13. The van der Waals surface area contributed by atoms with E-state index >= 15 is 0 Å². The number of anilines is 1. The molecule has 1 heterocycles. The van der Waals surface area contributed by atoms with E-state index in [4.69, 9.17) is 11.6 Å². The van der Waals surface area contributed by atoms with Crippen LogP contribution in [0.15, 0.2) is 24.3 Å². The average molecular weight is 266 g/mol. The summed E-state index contributed by atoms with van der Waals surface area (Å²) in [7, 11) is 2.05. The maximum absolute atomic E-state index is 5.65. The van der Waals surface area contributed by atoms with Crippen molar-refractivity contribution in [3.8, 4) is 0 Å². The zero-order valence-corrected chi connectivity index (χ0v) is 11.6. The number of alkyl halides is 1. The maximum Gasteiger partial charge on any atom is 0.203 e. The molecule has 3 nitrogen and oxygen atoms in total. The number of para-hydroxylation sites is 2. The highest BCUT2D eigenvalue weighted by Crippen LogP contribution is 2.17. The predicted molar refractivity (Wildman–Crippen MR) is 78.4 cm³/mol. The van der Waals surface area contributed by atoms with E-state index in [1.807, 2.05) is 25.2 Å². The standard InChI is InChI=1S/C14H20ClN3/c1-18-13-9-5-4-8-12(13)17-14(18)16-11-7-3-2-6-10-15/h4-5,8-9H,2-3,6-7,10-11H2,1H3,(H,16,17). The van der Waals surface area contributed by atoms with Crippen LogP contribution in [0.3, 0.4) is 0 Å². The molecule has 98 valence electrons. The summed E-state index contributed by atoms with van der Waals surface area (Å²) in [6, 6.07) is 8.19. The summed E-state index contributed by atoms with van der Waals surface area (Å²) in [6.07, 6.45) is 4.73. The first-order chi connectivity index (χ1) is 8.83.